The van der Waals surface area contributed by atoms with E-state index in [1.807, 2.05) is 25.5 Å². The molecular weight excluding hydrogens is 272 g/mol. The van der Waals surface area contributed by atoms with Crippen molar-refractivity contribution in [2.75, 3.05) is 0 Å². The van der Waals surface area contributed by atoms with Gasteiger partial charge in [0.1, 0.15) is 0 Å². The molecule has 0 unspecified atom stereocenters. The summed E-state index contributed by atoms with van der Waals surface area (Å²) in [7, 11) is 0. The van der Waals surface area contributed by atoms with E-state index in [4.69, 9.17) is 11.6 Å². The summed E-state index contributed by atoms with van der Waals surface area (Å²) in [6.45, 7) is 6.77. The van der Waals surface area contributed by atoms with Crippen LogP contribution in [0.5, 0.6) is 0 Å². The number of nitrogens with one attached hydrogen (secondary N) is 1. The van der Waals surface area contributed by atoms with Gasteiger partial charge in [0, 0.05) is 18.3 Å². The molecule has 1 fully saturated rings. The fraction of sp³-hybridized carbons (Fsp3) is 0.467. The first-order valence-electron chi connectivity index (χ1n) is 6.97. The van der Waals surface area contributed by atoms with E-state index < -0.39 is 0 Å². The van der Waals surface area contributed by atoms with Crippen LogP contribution >= 0.6 is 11.6 Å². The smallest absolute Gasteiger partial charge is 0.154 e. The van der Waals surface area contributed by atoms with E-state index in [1.54, 1.807) is 0 Å². The molecule has 2 heterocycles. The van der Waals surface area contributed by atoms with Crippen molar-refractivity contribution in [1.29, 1.82) is 0 Å². The van der Waals surface area contributed by atoms with Crippen LogP contribution in [0.2, 0.25) is 5.02 Å². The number of hydrogen-bond donors (Lipinski definition) is 1. The molecule has 1 aliphatic rings. The predicted molar refractivity (Wildman–Crippen MR) is 80.4 cm³/mol. The Kier molecular flexibility index (Phi) is 3.52. The Hall–Kier alpha value is -1.39. The van der Waals surface area contributed by atoms with Crippen molar-refractivity contribution in [1.82, 2.24) is 20.1 Å². The Morgan fingerprint density at radius 3 is 2.65 bits per heavy atom. The van der Waals surface area contributed by atoms with Crippen molar-refractivity contribution in [3.05, 3.63) is 39.8 Å². The van der Waals surface area contributed by atoms with Crippen molar-refractivity contribution in [3.63, 3.8) is 0 Å². The molecule has 0 amide bonds. The molecule has 20 heavy (non-hydrogen) atoms. The Balaban J connectivity index is 1.93. The zero-order valence-corrected chi connectivity index (χ0v) is 12.8. The van der Waals surface area contributed by atoms with Gasteiger partial charge >= 0.3 is 0 Å². The number of halogens is 1. The molecule has 5 heteroatoms. The lowest BCUT2D eigenvalue weighted by molar-refractivity contribution is 0.684. The SMILES string of the molecule is Cc1cc(CNC2CC2)cc(-n2nc(C)c(Cl)c2C)n1. The lowest BCUT2D eigenvalue weighted by Gasteiger charge is -2.09. The van der Waals surface area contributed by atoms with Crippen LogP contribution in [0.15, 0.2) is 12.1 Å². The standard InChI is InChI=1S/C15H19ClN4/c1-9-6-12(8-17-13-4-5-13)7-14(18-9)20-11(3)15(16)10(2)19-20/h6-7,13,17H,4-5,8H2,1-3H3. The summed E-state index contributed by atoms with van der Waals surface area (Å²) in [6, 6.07) is 4.90. The van der Waals surface area contributed by atoms with Crippen LogP contribution in [0.1, 0.15) is 35.5 Å². The predicted octanol–water partition coefficient (Wildman–Crippen LogP) is 3.10. The summed E-state index contributed by atoms with van der Waals surface area (Å²) in [5.74, 6) is 0.838. The molecule has 1 aliphatic carbocycles. The van der Waals surface area contributed by atoms with Crippen molar-refractivity contribution < 1.29 is 0 Å². The van der Waals surface area contributed by atoms with Crippen LogP contribution < -0.4 is 5.32 Å². The largest absolute Gasteiger partial charge is 0.310 e. The second-order valence-corrected chi connectivity index (χ2v) is 5.90. The molecule has 2 aromatic rings. The van der Waals surface area contributed by atoms with Crippen molar-refractivity contribution in [3.8, 4) is 5.82 Å². The topological polar surface area (TPSA) is 42.7 Å². The monoisotopic (exact) mass is 290 g/mol. The first-order chi connectivity index (χ1) is 9.54. The van der Waals surface area contributed by atoms with E-state index in [0.29, 0.717) is 11.1 Å². The first kappa shape index (κ1) is 13.6. The highest BCUT2D eigenvalue weighted by atomic mass is 35.5. The molecule has 1 N–H and O–H groups in total. The molecule has 0 aromatic carbocycles. The second kappa shape index (κ2) is 5.19. The molecule has 0 spiro atoms. The van der Waals surface area contributed by atoms with Gasteiger partial charge in [0.2, 0.25) is 0 Å². The summed E-state index contributed by atoms with van der Waals surface area (Å²) >= 11 is 6.22. The maximum Gasteiger partial charge on any atom is 0.154 e. The Morgan fingerprint density at radius 1 is 1.30 bits per heavy atom. The number of nitrogens with zero attached hydrogens (tertiary/aromatic N) is 3. The first-order valence-corrected chi connectivity index (χ1v) is 7.35. The number of aryl methyl sites for hydroxylation is 2. The molecule has 106 valence electrons. The molecule has 0 aliphatic heterocycles. The minimum atomic E-state index is 0.704. The number of hydrogen-bond acceptors (Lipinski definition) is 3. The van der Waals surface area contributed by atoms with Gasteiger partial charge in [-0.3, -0.25) is 0 Å². The van der Waals surface area contributed by atoms with Gasteiger partial charge in [-0.05, 0) is 51.3 Å². The third-order valence-corrected chi connectivity index (χ3v) is 4.14. The van der Waals surface area contributed by atoms with Crippen molar-refractivity contribution >= 4 is 11.6 Å². The molecule has 0 radical (unpaired) electrons. The van der Waals surface area contributed by atoms with E-state index >= 15 is 0 Å². The van der Waals surface area contributed by atoms with Gasteiger partial charge in [-0.1, -0.05) is 11.6 Å². The molecule has 3 rings (SSSR count). The van der Waals surface area contributed by atoms with Crippen LogP contribution in [-0.4, -0.2) is 20.8 Å². The minimum absolute atomic E-state index is 0.704. The fourth-order valence-electron chi connectivity index (χ4n) is 2.33. The number of pyridine rings is 1. The van der Waals surface area contributed by atoms with Gasteiger partial charge in [-0.15, -0.1) is 0 Å². The highest BCUT2D eigenvalue weighted by Gasteiger charge is 2.20. The zero-order chi connectivity index (χ0) is 14.3. The lowest BCUT2D eigenvalue weighted by atomic mass is 10.2. The molecule has 2 aromatic heterocycles. The van der Waals surface area contributed by atoms with Gasteiger partial charge in [-0.25, -0.2) is 9.67 Å². The number of aromatic nitrogens is 3. The Bertz CT molecular complexity index is 644. The van der Waals surface area contributed by atoms with Crippen molar-refractivity contribution in [2.45, 2.75) is 46.2 Å². The van der Waals surface area contributed by atoms with Crippen molar-refractivity contribution in [2.24, 2.45) is 0 Å². The highest BCUT2D eigenvalue weighted by Crippen LogP contribution is 2.23. The zero-order valence-electron chi connectivity index (χ0n) is 12.1. The molecule has 0 bridgehead atoms. The van der Waals surface area contributed by atoms with Crippen LogP contribution in [-0.2, 0) is 6.54 Å². The van der Waals surface area contributed by atoms with Gasteiger partial charge in [0.15, 0.2) is 5.82 Å². The maximum absolute atomic E-state index is 6.22. The van der Waals surface area contributed by atoms with E-state index in [9.17, 15) is 0 Å². The molecular formula is C15H19ClN4. The minimum Gasteiger partial charge on any atom is -0.310 e. The van der Waals surface area contributed by atoms with Crippen LogP contribution in [0.4, 0.5) is 0 Å². The van der Waals surface area contributed by atoms with Gasteiger partial charge in [0.05, 0.1) is 16.4 Å². The maximum atomic E-state index is 6.22. The lowest BCUT2D eigenvalue weighted by Crippen LogP contribution is -2.16. The summed E-state index contributed by atoms with van der Waals surface area (Å²) in [5, 5.41) is 8.71. The highest BCUT2D eigenvalue weighted by molar-refractivity contribution is 6.31. The Morgan fingerprint density at radius 2 is 2.05 bits per heavy atom. The molecule has 4 nitrogen and oxygen atoms in total. The average molecular weight is 291 g/mol. The normalized spacial score (nSPS) is 14.8. The summed E-state index contributed by atoms with van der Waals surface area (Å²) in [4.78, 5) is 4.58. The molecule has 0 atom stereocenters. The third kappa shape index (κ3) is 2.72. The average Bonchev–Trinajstić information content (AvgIpc) is 3.20. The van der Waals surface area contributed by atoms with Crippen LogP contribution in [0, 0.1) is 20.8 Å². The van der Waals surface area contributed by atoms with E-state index in [-0.39, 0.29) is 0 Å². The third-order valence-electron chi connectivity index (χ3n) is 3.59. The van der Waals surface area contributed by atoms with E-state index in [2.05, 4.69) is 27.5 Å². The van der Waals surface area contributed by atoms with Gasteiger partial charge in [-0.2, -0.15) is 5.10 Å². The second-order valence-electron chi connectivity index (χ2n) is 5.53. The summed E-state index contributed by atoms with van der Waals surface area (Å²) < 4.78 is 1.82. The summed E-state index contributed by atoms with van der Waals surface area (Å²) in [6.07, 6.45) is 2.59. The van der Waals surface area contributed by atoms with Crippen LogP contribution in [0.25, 0.3) is 5.82 Å². The van der Waals surface area contributed by atoms with E-state index in [0.717, 1.165) is 29.4 Å². The van der Waals surface area contributed by atoms with Crippen LogP contribution in [0.3, 0.4) is 0 Å². The Labute approximate surface area is 124 Å². The van der Waals surface area contributed by atoms with Gasteiger partial charge in [0.25, 0.3) is 0 Å². The van der Waals surface area contributed by atoms with Gasteiger partial charge < -0.3 is 5.32 Å². The fourth-order valence-corrected chi connectivity index (χ4v) is 2.45. The number of rotatable bonds is 4. The molecule has 1 saturated carbocycles. The molecule has 0 saturated heterocycles. The quantitative estimate of drug-likeness (QED) is 0.941. The summed E-state index contributed by atoms with van der Waals surface area (Å²) in [5.41, 5.74) is 4.01. The van der Waals surface area contributed by atoms with E-state index in [1.165, 1.54) is 18.4 Å².